The van der Waals surface area contributed by atoms with E-state index in [0.29, 0.717) is 0 Å². The standard InChI is InChI=1S/C14H16N2O/c1-3-10-6-5-7-11(8-10)12-9-14(17)16-13(4-2)15-12/h5-9H,3-4H2,1-2H3,(H,15,16,17). The number of hydrogen-bond donors (Lipinski definition) is 1. The van der Waals surface area contributed by atoms with Gasteiger partial charge in [-0.1, -0.05) is 32.0 Å². The van der Waals surface area contributed by atoms with E-state index in [1.807, 2.05) is 19.1 Å². The normalized spacial score (nSPS) is 10.5. The van der Waals surface area contributed by atoms with E-state index in [9.17, 15) is 4.79 Å². The highest BCUT2D eigenvalue weighted by Gasteiger charge is 2.03. The number of aromatic amines is 1. The lowest BCUT2D eigenvalue weighted by atomic mass is 10.1. The number of nitrogens with zero attached hydrogens (tertiary/aromatic N) is 1. The number of aryl methyl sites for hydroxylation is 2. The van der Waals surface area contributed by atoms with Gasteiger partial charge in [0, 0.05) is 18.1 Å². The van der Waals surface area contributed by atoms with Crippen LogP contribution in [0.3, 0.4) is 0 Å². The average molecular weight is 228 g/mol. The highest BCUT2D eigenvalue weighted by Crippen LogP contribution is 2.17. The molecule has 0 amide bonds. The third-order valence-corrected chi connectivity index (χ3v) is 2.76. The van der Waals surface area contributed by atoms with Crippen molar-refractivity contribution in [2.75, 3.05) is 0 Å². The summed E-state index contributed by atoms with van der Waals surface area (Å²) in [5.41, 5.74) is 2.92. The summed E-state index contributed by atoms with van der Waals surface area (Å²) in [4.78, 5) is 18.7. The van der Waals surface area contributed by atoms with Gasteiger partial charge < -0.3 is 4.98 Å². The van der Waals surface area contributed by atoms with Gasteiger partial charge >= 0.3 is 0 Å². The number of hydrogen-bond acceptors (Lipinski definition) is 2. The van der Waals surface area contributed by atoms with Crippen molar-refractivity contribution in [3.8, 4) is 11.3 Å². The van der Waals surface area contributed by atoms with Crippen LogP contribution in [-0.4, -0.2) is 9.97 Å². The Hall–Kier alpha value is -1.90. The summed E-state index contributed by atoms with van der Waals surface area (Å²) in [5.74, 6) is 0.731. The zero-order valence-electron chi connectivity index (χ0n) is 10.2. The van der Waals surface area contributed by atoms with Crippen molar-refractivity contribution in [2.24, 2.45) is 0 Å². The quantitative estimate of drug-likeness (QED) is 0.877. The summed E-state index contributed by atoms with van der Waals surface area (Å²) >= 11 is 0. The third kappa shape index (κ3) is 2.61. The first-order chi connectivity index (χ1) is 8.22. The van der Waals surface area contributed by atoms with Crippen molar-refractivity contribution in [3.05, 3.63) is 52.1 Å². The fraction of sp³-hybridized carbons (Fsp3) is 0.286. The van der Waals surface area contributed by atoms with Crippen LogP contribution in [0.1, 0.15) is 25.2 Å². The molecule has 2 aromatic rings. The van der Waals surface area contributed by atoms with Crippen LogP contribution in [-0.2, 0) is 12.8 Å². The summed E-state index contributed by atoms with van der Waals surface area (Å²) in [6.45, 7) is 4.09. The Morgan fingerprint density at radius 1 is 1.18 bits per heavy atom. The molecule has 0 bridgehead atoms. The maximum Gasteiger partial charge on any atom is 0.251 e. The third-order valence-electron chi connectivity index (χ3n) is 2.76. The molecule has 0 saturated heterocycles. The van der Waals surface area contributed by atoms with Gasteiger partial charge in [-0.3, -0.25) is 4.79 Å². The average Bonchev–Trinajstić information content (AvgIpc) is 2.38. The Morgan fingerprint density at radius 3 is 2.71 bits per heavy atom. The summed E-state index contributed by atoms with van der Waals surface area (Å²) in [6, 6.07) is 9.70. The summed E-state index contributed by atoms with van der Waals surface area (Å²) in [6.07, 6.45) is 1.72. The molecule has 2 rings (SSSR count). The zero-order valence-corrected chi connectivity index (χ0v) is 10.2. The lowest BCUT2D eigenvalue weighted by Crippen LogP contribution is -2.10. The van der Waals surface area contributed by atoms with Crippen molar-refractivity contribution in [2.45, 2.75) is 26.7 Å². The van der Waals surface area contributed by atoms with Crippen molar-refractivity contribution in [3.63, 3.8) is 0 Å². The van der Waals surface area contributed by atoms with Crippen molar-refractivity contribution >= 4 is 0 Å². The lowest BCUT2D eigenvalue weighted by molar-refractivity contribution is 0.924. The fourth-order valence-electron chi connectivity index (χ4n) is 1.77. The van der Waals surface area contributed by atoms with Crippen LogP contribution in [0.15, 0.2) is 35.1 Å². The zero-order chi connectivity index (χ0) is 12.3. The Labute approximate surface area is 101 Å². The van der Waals surface area contributed by atoms with Crippen LogP contribution < -0.4 is 5.56 Å². The lowest BCUT2D eigenvalue weighted by Gasteiger charge is -2.04. The van der Waals surface area contributed by atoms with E-state index >= 15 is 0 Å². The molecule has 0 spiro atoms. The van der Waals surface area contributed by atoms with Crippen LogP contribution in [0.5, 0.6) is 0 Å². The van der Waals surface area contributed by atoms with Gasteiger partial charge in [0.15, 0.2) is 0 Å². The van der Waals surface area contributed by atoms with E-state index < -0.39 is 0 Å². The van der Waals surface area contributed by atoms with E-state index in [1.54, 1.807) is 6.07 Å². The fourth-order valence-corrected chi connectivity index (χ4v) is 1.77. The highest BCUT2D eigenvalue weighted by molar-refractivity contribution is 5.59. The second-order valence-electron chi connectivity index (χ2n) is 3.98. The first-order valence-corrected chi connectivity index (χ1v) is 5.92. The molecule has 3 nitrogen and oxygen atoms in total. The van der Waals surface area contributed by atoms with Gasteiger partial charge in [-0.2, -0.15) is 0 Å². The van der Waals surface area contributed by atoms with Crippen LogP contribution in [0, 0.1) is 0 Å². The van der Waals surface area contributed by atoms with E-state index in [-0.39, 0.29) is 5.56 Å². The predicted octanol–water partition coefficient (Wildman–Crippen LogP) is 2.56. The number of nitrogens with one attached hydrogen (secondary N) is 1. The molecule has 1 heterocycles. The second-order valence-corrected chi connectivity index (χ2v) is 3.98. The molecular weight excluding hydrogens is 212 g/mol. The molecule has 0 saturated carbocycles. The van der Waals surface area contributed by atoms with Crippen LogP contribution >= 0.6 is 0 Å². The number of benzene rings is 1. The molecule has 0 radical (unpaired) electrons. The molecule has 0 atom stereocenters. The molecule has 3 heteroatoms. The molecule has 88 valence electrons. The van der Waals surface area contributed by atoms with Gasteiger partial charge in [0.25, 0.3) is 5.56 Å². The smallest absolute Gasteiger partial charge is 0.251 e. The first kappa shape index (κ1) is 11.6. The molecular formula is C14H16N2O. The molecule has 0 unspecified atom stereocenters. The Morgan fingerprint density at radius 2 is 2.00 bits per heavy atom. The van der Waals surface area contributed by atoms with E-state index in [1.165, 1.54) is 5.56 Å². The largest absolute Gasteiger partial charge is 0.311 e. The molecule has 1 N–H and O–H groups in total. The number of H-pyrrole nitrogens is 1. The molecule has 1 aromatic carbocycles. The maximum absolute atomic E-state index is 11.5. The van der Waals surface area contributed by atoms with Gasteiger partial charge in [-0.15, -0.1) is 0 Å². The van der Waals surface area contributed by atoms with Gasteiger partial charge in [0.1, 0.15) is 5.82 Å². The molecule has 0 aliphatic heterocycles. The summed E-state index contributed by atoms with van der Waals surface area (Å²) < 4.78 is 0. The Balaban J connectivity index is 2.51. The van der Waals surface area contributed by atoms with Gasteiger partial charge in [0.05, 0.1) is 5.69 Å². The Bertz CT molecular complexity index is 572. The van der Waals surface area contributed by atoms with Gasteiger partial charge in [-0.05, 0) is 18.1 Å². The molecule has 1 aromatic heterocycles. The highest BCUT2D eigenvalue weighted by atomic mass is 16.1. The van der Waals surface area contributed by atoms with Crippen molar-refractivity contribution in [1.82, 2.24) is 9.97 Å². The van der Waals surface area contributed by atoms with E-state index in [4.69, 9.17) is 0 Å². The first-order valence-electron chi connectivity index (χ1n) is 5.92. The van der Waals surface area contributed by atoms with E-state index in [2.05, 4.69) is 29.0 Å². The van der Waals surface area contributed by atoms with Gasteiger partial charge in [0.2, 0.25) is 0 Å². The van der Waals surface area contributed by atoms with Crippen LogP contribution in [0.2, 0.25) is 0 Å². The topological polar surface area (TPSA) is 45.8 Å². The molecule has 17 heavy (non-hydrogen) atoms. The minimum absolute atomic E-state index is 0.0891. The SMILES string of the molecule is CCc1cccc(-c2cc(=O)[nH]c(CC)n2)c1. The van der Waals surface area contributed by atoms with Crippen LogP contribution in [0.4, 0.5) is 0 Å². The molecule has 0 aliphatic carbocycles. The monoisotopic (exact) mass is 228 g/mol. The van der Waals surface area contributed by atoms with Crippen molar-refractivity contribution in [1.29, 1.82) is 0 Å². The maximum atomic E-state index is 11.5. The number of rotatable bonds is 3. The minimum atomic E-state index is -0.0891. The molecule has 0 aliphatic rings. The van der Waals surface area contributed by atoms with Crippen LogP contribution in [0.25, 0.3) is 11.3 Å². The van der Waals surface area contributed by atoms with E-state index in [0.717, 1.165) is 29.9 Å². The van der Waals surface area contributed by atoms with Gasteiger partial charge in [-0.25, -0.2) is 4.98 Å². The minimum Gasteiger partial charge on any atom is -0.311 e. The summed E-state index contributed by atoms with van der Waals surface area (Å²) in [5, 5.41) is 0. The number of aromatic nitrogens is 2. The van der Waals surface area contributed by atoms with Crippen molar-refractivity contribution < 1.29 is 0 Å². The Kier molecular flexibility index (Phi) is 3.38. The predicted molar refractivity (Wildman–Crippen MR) is 69.0 cm³/mol. The molecule has 0 fully saturated rings. The second kappa shape index (κ2) is 4.95. The summed E-state index contributed by atoms with van der Waals surface area (Å²) in [7, 11) is 0.